The molecule has 0 aliphatic carbocycles. The molecule has 2 heterocycles. The molecular formula is C10H12N2O2. The number of pyridine rings is 1. The Morgan fingerprint density at radius 3 is 3.07 bits per heavy atom. The minimum atomic E-state index is 0.244. The SMILES string of the molecule is COCCc1cn2cc(O)ccc2n1. The van der Waals surface area contributed by atoms with Gasteiger partial charge < -0.3 is 14.2 Å². The molecule has 0 spiro atoms. The van der Waals surface area contributed by atoms with E-state index in [1.165, 1.54) is 0 Å². The average Bonchev–Trinajstić information content (AvgIpc) is 2.56. The first-order valence-electron chi connectivity index (χ1n) is 4.45. The quantitative estimate of drug-likeness (QED) is 0.795. The van der Waals surface area contributed by atoms with Crippen molar-refractivity contribution in [3.8, 4) is 5.75 Å². The second-order valence-electron chi connectivity index (χ2n) is 3.13. The number of aromatic hydroxyl groups is 1. The van der Waals surface area contributed by atoms with Crippen LogP contribution in [-0.4, -0.2) is 28.2 Å². The van der Waals surface area contributed by atoms with Crippen molar-refractivity contribution in [1.82, 2.24) is 9.38 Å². The van der Waals surface area contributed by atoms with Crippen LogP contribution >= 0.6 is 0 Å². The molecule has 4 heteroatoms. The van der Waals surface area contributed by atoms with Crippen LogP contribution in [0.2, 0.25) is 0 Å². The molecule has 0 unspecified atom stereocenters. The van der Waals surface area contributed by atoms with E-state index in [4.69, 9.17) is 4.74 Å². The Bertz CT molecular complexity index is 437. The molecule has 0 fully saturated rings. The van der Waals surface area contributed by atoms with Crippen molar-refractivity contribution >= 4 is 5.65 Å². The zero-order chi connectivity index (χ0) is 9.97. The van der Waals surface area contributed by atoms with Crippen molar-refractivity contribution < 1.29 is 9.84 Å². The monoisotopic (exact) mass is 192 g/mol. The fourth-order valence-corrected chi connectivity index (χ4v) is 1.36. The van der Waals surface area contributed by atoms with Gasteiger partial charge in [-0.3, -0.25) is 0 Å². The lowest BCUT2D eigenvalue weighted by Gasteiger charge is -1.92. The number of hydrogen-bond acceptors (Lipinski definition) is 3. The van der Waals surface area contributed by atoms with Gasteiger partial charge in [-0.25, -0.2) is 4.98 Å². The second kappa shape index (κ2) is 3.67. The molecule has 0 saturated heterocycles. The van der Waals surface area contributed by atoms with Gasteiger partial charge in [0.05, 0.1) is 18.5 Å². The van der Waals surface area contributed by atoms with Gasteiger partial charge in [0.25, 0.3) is 0 Å². The summed E-state index contributed by atoms with van der Waals surface area (Å²) < 4.78 is 6.77. The number of ether oxygens (including phenoxy) is 1. The smallest absolute Gasteiger partial charge is 0.137 e. The van der Waals surface area contributed by atoms with Crippen LogP contribution in [-0.2, 0) is 11.2 Å². The lowest BCUT2D eigenvalue weighted by atomic mass is 10.3. The minimum Gasteiger partial charge on any atom is -0.506 e. The van der Waals surface area contributed by atoms with Gasteiger partial charge in [0.1, 0.15) is 11.4 Å². The summed E-state index contributed by atoms with van der Waals surface area (Å²) in [4.78, 5) is 4.36. The maximum atomic E-state index is 9.24. The first-order chi connectivity index (χ1) is 6.79. The predicted molar refractivity (Wildman–Crippen MR) is 52.4 cm³/mol. The zero-order valence-corrected chi connectivity index (χ0v) is 7.97. The van der Waals surface area contributed by atoms with Crippen LogP contribution in [0.15, 0.2) is 24.5 Å². The summed E-state index contributed by atoms with van der Waals surface area (Å²) in [5.41, 5.74) is 1.81. The summed E-state index contributed by atoms with van der Waals surface area (Å²) in [7, 11) is 1.67. The Kier molecular flexibility index (Phi) is 2.37. The second-order valence-corrected chi connectivity index (χ2v) is 3.13. The van der Waals surface area contributed by atoms with Crippen molar-refractivity contribution in [2.45, 2.75) is 6.42 Å². The van der Waals surface area contributed by atoms with E-state index in [0.717, 1.165) is 17.8 Å². The molecule has 14 heavy (non-hydrogen) atoms. The molecule has 4 nitrogen and oxygen atoms in total. The van der Waals surface area contributed by atoms with E-state index in [9.17, 15) is 5.11 Å². The van der Waals surface area contributed by atoms with Gasteiger partial charge in [-0.1, -0.05) is 0 Å². The fraction of sp³-hybridized carbons (Fsp3) is 0.300. The third-order valence-corrected chi connectivity index (χ3v) is 2.05. The molecule has 0 radical (unpaired) electrons. The molecule has 2 aromatic rings. The first kappa shape index (κ1) is 9.02. The van der Waals surface area contributed by atoms with Gasteiger partial charge >= 0.3 is 0 Å². The summed E-state index contributed by atoms with van der Waals surface area (Å²) in [5.74, 6) is 0.244. The summed E-state index contributed by atoms with van der Waals surface area (Å²) in [6.45, 7) is 0.663. The van der Waals surface area contributed by atoms with Gasteiger partial charge in [-0.2, -0.15) is 0 Å². The van der Waals surface area contributed by atoms with E-state index < -0.39 is 0 Å². The van der Waals surface area contributed by atoms with Crippen molar-refractivity contribution in [3.05, 3.63) is 30.2 Å². The van der Waals surface area contributed by atoms with Crippen molar-refractivity contribution in [2.75, 3.05) is 13.7 Å². The van der Waals surface area contributed by atoms with Crippen molar-refractivity contribution in [3.63, 3.8) is 0 Å². The van der Waals surface area contributed by atoms with Crippen LogP contribution in [0.4, 0.5) is 0 Å². The molecule has 0 aliphatic heterocycles. The molecule has 74 valence electrons. The van der Waals surface area contributed by atoms with Crippen molar-refractivity contribution in [1.29, 1.82) is 0 Å². The summed E-state index contributed by atoms with van der Waals surface area (Å²) in [5, 5.41) is 9.24. The summed E-state index contributed by atoms with van der Waals surface area (Å²) in [6.07, 6.45) is 4.33. The highest BCUT2D eigenvalue weighted by molar-refractivity contribution is 5.42. The molecule has 0 amide bonds. The van der Waals surface area contributed by atoms with Crippen LogP contribution in [0, 0.1) is 0 Å². The molecule has 0 saturated carbocycles. The average molecular weight is 192 g/mol. The van der Waals surface area contributed by atoms with Gasteiger partial charge in [-0.15, -0.1) is 0 Å². The minimum absolute atomic E-state index is 0.244. The fourth-order valence-electron chi connectivity index (χ4n) is 1.36. The standard InChI is InChI=1S/C10H12N2O2/c1-14-5-4-8-6-12-7-9(13)2-3-10(12)11-8/h2-3,6-7,13H,4-5H2,1H3. The van der Waals surface area contributed by atoms with Gasteiger partial charge in [0, 0.05) is 19.7 Å². The molecular weight excluding hydrogens is 180 g/mol. The van der Waals surface area contributed by atoms with Crippen LogP contribution in [0.25, 0.3) is 5.65 Å². The Morgan fingerprint density at radius 1 is 1.43 bits per heavy atom. The Hall–Kier alpha value is -1.55. The highest BCUT2D eigenvalue weighted by atomic mass is 16.5. The lowest BCUT2D eigenvalue weighted by molar-refractivity contribution is 0.201. The van der Waals surface area contributed by atoms with E-state index in [0.29, 0.717) is 6.61 Å². The normalized spacial score (nSPS) is 10.9. The molecule has 0 aliphatic rings. The topological polar surface area (TPSA) is 46.8 Å². The van der Waals surface area contributed by atoms with Gasteiger partial charge in [-0.05, 0) is 12.1 Å². The Labute approximate surface area is 81.8 Å². The number of methoxy groups -OCH3 is 1. The summed E-state index contributed by atoms with van der Waals surface area (Å²) in [6, 6.07) is 3.41. The van der Waals surface area contributed by atoms with Crippen molar-refractivity contribution in [2.24, 2.45) is 0 Å². The molecule has 0 atom stereocenters. The van der Waals surface area contributed by atoms with Gasteiger partial charge in [0.2, 0.25) is 0 Å². The molecule has 0 bridgehead atoms. The van der Waals surface area contributed by atoms with E-state index in [2.05, 4.69) is 4.98 Å². The third-order valence-electron chi connectivity index (χ3n) is 2.05. The number of rotatable bonds is 3. The highest BCUT2D eigenvalue weighted by Crippen LogP contribution is 2.12. The van der Waals surface area contributed by atoms with Crippen LogP contribution in [0.5, 0.6) is 5.75 Å². The zero-order valence-electron chi connectivity index (χ0n) is 7.97. The Morgan fingerprint density at radius 2 is 2.29 bits per heavy atom. The van der Waals surface area contributed by atoms with E-state index in [-0.39, 0.29) is 5.75 Å². The maximum absolute atomic E-state index is 9.24. The first-order valence-corrected chi connectivity index (χ1v) is 4.45. The van der Waals surface area contributed by atoms with Crippen LogP contribution < -0.4 is 0 Å². The number of imidazole rings is 1. The molecule has 0 aromatic carbocycles. The number of nitrogens with zero attached hydrogens (tertiary/aromatic N) is 2. The largest absolute Gasteiger partial charge is 0.506 e. The van der Waals surface area contributed by atoms with E-state index in [1.54, 1.807) is 29.8 Å². The van der Waals surface area contributed by atoms with Gasteiger partial charge in [0.15, 0.2) is 0 Å². The predicted octanol–water partition coefficient (Wildman–Crippen LogP) is 1.23. The number of fused-ring (bicyclic) bond motifs is 1. The van der Waals surface area contributed by atoms with Crippen LogP contribution in [0.1, 0.15) is 5.69 Å². The van der Waals surface area contributed by atoms with E-state index in [1.807, 2.05) is 6.20 Å². The van der Waals surface area contributed by atoms with Crippen LogP contribution in [0.3, 0.4) is 0 Å². The Balaban J connectivity index is 2.32. The number of aromatic nitrogens is 2. The molecule has 1 N–H and O–H groups in total. The number of hydrogen-bond donors (Lipinski definition) is 1. The lowest BCUT2D eigenvalue weighted by Crippen LogP contribution is -1.93. The molecule has 2 aromatic heterocycles. The third kappa shape index (κ3) is 1.70. The molecule has 2 rings (SSSR count). The highest BCUT2D eigenvalue weighted by Gasteiger charge is 2.01. The maximum Gasteiger partial charge on any atom is 0.137 e. The van der Waals surface area contributed by atoms with E-state index >= 15 is 0 Å². The summed E-state index contributed by atoms with van der Waals surface area (Å²) >= 11 is 0.